The van der Waals surface area contributed by atoms with E-state index in [2.05, 4.69) is 19.9 Å². The molecular formula is C22H20N4O5. The Hall–Kier alpha value is -4.01. The van der Waals surface area contributed by atoms with Gasteiger partial charge >= 0.3 is 12.0 Å². The highest BCUT2D eigenvalue weighted by atomic mass is 16.5. The molecule has 0 bridgehead atoms. The summed E-state index contributed by atoms with van der Waals surface area (Å²) in [6.07, 6.45) is 2.16. The summed E-state index contributed by atoms with van der Waals surface area (Å²) in [6.45, 7) is 7.05. The van der Waals surface area contributed by atoms with Crippen LogP contribution in [0.2, 0.25) is 0 Å². The number of benzene rings is 1. The van der Waals surface area contributed by atoms with Gasteiger partial charge in [-0.3, -0.25) is 4.98 Å². The number of pyridine rings is 1. The topological polar surface area (TPSA) is 120 Å². The standard InChI is InChI=1S/C22H20N4O5/c1-11-7-15(8-12(2)18(11)29-14(4)21(27)28)19-25-17-10-24-22(26-20(17)31-19)30-16-6-5-13(3)23-9-16/h5-10,14H,1-4H3,(H,27,28). The summed E-state index contributed by atoms with van der Waals surface area (Å²) < 4.78 is 17.0. The predicted octanol–water partition coefficient (Wildman–Crippen LogP) is 4.25. The van der Waals surface area contributed by atoms with Gasteiger partial charge in [-0.15, -0.1) is 0 Å². The van der Waals surface area contributed by atoms with Gasteiger partial charge in [-0.25, -0.2) is 14.8 Å². The van der Waals surface area contributed by atoms with Gasteiger partial charge in [0, 0.05) is 11.3 Å². The monoisotopic (exact) mass is 420 g/mol. The smallest absolute Gasteiger partial charge is 0.344 e. The minimum Gasteiger partial charge on any atom is -0.479 e. The Morgan fingerprint density at radius 3 is 2.45 bits per heavy atom. The summed E-state index contributed by atoms with van der Waals surface area (Å²) in [4.78, 5) is 28.2. The summed E-state index contributed by atoms with van der Waals surface area (Å²) in [5.41, 5.74) is 3.91. The highest BCUT2D eigenvalue weighted by Gasteiger charge is 2.18. The molecule has 0 saturated carbocycles. The predicted molar refractivity (Wildman–Crippen MR) is 111 cm³/mol. The number of aromatic nitrogens is 4. The van der Waals surface area contributed by atoms with Gasteiger partial charge in [0.2, 0.25) is 5.89 Å². The van der Waals surface area contributed by atoms with E-state index >= 15 is 0 Å². The second-order valence-corrected chi connectivity index (χ2v) is 7.14. The van der Waals surface area contributed by atoms with Crippen LogP contribution in [-0.4, -0.2) is 37.1 Å². The van der Waals surface area contributed by atoms with E-state index in [1.807, 2.05) is 39.0 Å². The lowest BCUT2D eigenvalue weighted by molar-refractivity contribution is -0.144. The number of ether oxygens (including phenoxy) is 2. The van der Waals surface area contributed by atoms with E-state index in [-0.39, 0.29) is 11.7 Å². The van der Waals surface area contributed by atoms with Crippen LogP contribution in [0.3, 0.4) is 0 Å². The largest absolute Gasteiger partial charge is 0.479 e. The number of carboxylic acid groups (broad SMARTS) is 1. The average molecular weight is 420 g/mol. The van der Waals surface area contributed by atoms with E-state index in [4.69, 9.17) is 19.0 Å². The summed E-state index contributed by atoms with van der Waals surface area (Å²) in [5, 5.41) is 9.09. The van der Waals surface area contributed by atoms with Gasteiger partial charge in [0.1, 0.15) is 17.0 Å². The van der Waals surface area contributed by atoms with Crippen LogP contribution in [-0.2, 0) is 4.79 Å². The van der Waals surface area contributed by atoms with Gasteiger partial charge in [0.15, 0.2) is 6.10 Å². The molecule has 1 unspecified atom stereocenters. The van der Waals surface area contributed by atoms with Crippen molar-refractivity contribution in [2.24, 2.45) is 0 Å². The van der Waals surface area contributed by atoms with Crippen LogP contribution in [0.15, 0.2) is 41.1 Å². The van der Waals surface area contributed by atoms with Crippen LogP contribution in [0.1, 0.15) is 23.7 Å². The normalized spacial score (nSPS) is 12.0. The maximum absolute atomic E-state index is 11.1. The quantitative estimate of drug-likeness (QED) is 0.488. The fourth-order valence-electron chi connectivity index (χ4n) is 3.00. The lowest BCUT2D eigenvalue weighted by Gasteiger charge is -2.16. The molecule has 158 valence electrons. The third kappa shape index (κ3) is 4.30. The van der Waals surface area contributed by atoms with Crippen molar-refractivity contribution < 1.29 is 23.8 Å². The molecule has 3 heterocycles. The Labute approximate surface area is 177 Å². The van der Waals surface area contributed by atoms with Gasteiger partial charge in [-0.1, -0.05) is 0 Å². The number of carboxylic acids is 1. The number of aliphatic carboxylic acids is 1. The highest BCUT2D eigenvalue weighted by molar-refractivity contribution is 5.74. The third-order valence-electron chi connectivity index (χ3n) is 4.57. The molecule has 0 aliphatic heterocycles. The van der Waals surface area contributed by atoms with Crippen molar-refractivity contribution >= 4 is 17.2 Å². The third-order valence-corrected chi connectivity index (χ3v) is 4.57. The SMILES string of the molecule is Cc1ccc(Oc2ncc3nc(-c4cc(C)c(OC(C)C(=O)O)c(C)c4)oc3n2)cn1. The van der Waals surface area contributed by atoms with Gasteiger partial charge in [-0.05, 0) is 63.1 Å². The maximum Gasteiger partial charge on any atom is 0.344 e. The molecule has 31 heavy (non-hydrogen) atoms. The molecule has 0 aliphatic rings. The van der Waals surface area contributed by atoms with Crippen molar-refractivity contribution in [2.45, 2.75) is 33.8 Å². The van der Waals surface area contributed by atoms with Crippen LogP contribution in [0.5, 0.6) is 17.5 Å². The van der Waals surface area contributed by atoms with Crippen molar-refractivity contribution in [2.75, 3.05) is 0 Å². The molecule has 0 spiro atoms. The Balaban J connectivity index is 1.62. The lowest BCUT2D eigenvalue weighted by atomic mass is 10.1. The molecule has 9 heteroatoms. The number of carbonyl (C=O) groups is 1. The Morgan fingerprint density at radius 1 is 1.06 bits per heavy atom. The van der Waals surface area contributed by atoms with Gasteiger partial charge in [-0.2, -0.15) is 4.98 Å². The van der Waals surface area contributed by atoms with E-state index in [1.54, 1.807) is 12.3 Å². The van der Waals surface area contributed by atoms with Crippen LogP contribution in [0.4, 0.5) is 0 Å². The molecular weight excluding hydrogens is 400 g/mol. The second kappa shape index (κ2) is 8.02. The molecule has 3 aromatic heterocycles. The molecule has 0 saturated heterocycles. The number of hydrogen-bond donors (Lipinski definition) is 1. The number of oxazole rings is 1. The van der Waals surface area contributed by atoms with Crippen molar-refractivity contribution in [1.82, 2.24) is 19.9 Å². The van der Waals surface area contributed by atoms with E-state index in [9.17, 15) is 4.79 Å². The molecule has 1 N–H and O–H groups in total. The number of fused-ring (bicyclic) bond motifs is 1. The molecule has 0 aliphatic carbocycles. The van der Waals surface area contributed by atoms with Crippen LogP contribution < -0.4 is 9.47 Å². The molecule has 4 aromatic rings. The Kier molecular flexibility index (Phi) is 5.24. The minimum atomic E-state index is -1.03. The number of rotatable bonds is 6. The van der Waals surface area contributed by atoms with Crippen LogP contribution >= 0.6 is 0 Å². The molecule has 0 fully saturated rings. The Bertz CT molecular complexity index is 1240. The van der Waals surface area contributed by atoms with E-state index in [1.165, 1.54) is 13.1 Å². The first kappa shape index (κ1) is 20.3. The zero-order chi connectivity index (χ0) is 22.1. The van der Waals surface area contributed by atoms with Crippen LogP contribution in [0.25, 0.3) is 22.7 Å². The number of nitrogens with zero attached hydrogens (tertiary/aromatic N) is 4. The lowest BCUT2D eigenvalue weighted by Crippen LogP contribution is -2.23. The number of hydrogen-bond acceptors (Lipinski definition) is 8. The summed E-state index contributed by atoms with van der Waals surface area (Å²) in [6, 6.07) is 7.38. The second-order valence-electron chi connectivity index (χ2n) is 7.14. The fourth-order valence-corrected chi connectivity index (χ4v) is 3.00. The van der Waals surface area contributed by atoms with E-state index in [0.29, 0.717) is 28.5 Å². The summed E-state index contributed by atoms with van der Waals surface area (Å²) in [7, 11) is 0. The maximum atomic E-state index is 11.1. The van der Waals surface area contributed by atoms with Crippen molar-refractivity contribution in [3.63, 3.8) is 0 Å². The molecule has 0 radical (unpaired) electrons. The highest BCUT2D eigenvalue weighted by Crippen LogP contribution is 2.32. The molecule has 1 atom stereocenters. The Morgan fingerprint density at radius 2 is 1.81 bits per heavy atom. The first-order chi connectivity index (χ1) is 14.8. The van der Waals surface area contributed by atoms with Gasteiger partial charge in [0.05, 0.1) is 12.4 Å². The van der Waals surface area contributed by atoms with E-state index in [0.717, 1.165) is 16.8 Å². The molecule has 1 aromatic carbocycles. The first-order valence-electron chi connectivity index (χ1n) is 9.55. The number of aryl methyl sites for hydroxylation is 3. The van der Waals surface area contributed by atoms with E-state index < -0.39 is 12.1 Å². The van der Waals surface area contributed by atoms with Crippen LogP contribution in [0, 0.1) is 20.8 Å². The fraction of sp³-hybridized carbons (Fsp3) is 0.227. The first-order valence-corrected chi connectivity index (χ1v) is 9.55. The zero-order valence-electron chi connectivity index (χ0n) is 17.4. The summed E-state index contributed by atoms with van der Waals surface area (Å²) >= 11 is 0. The molecule has 0 amide bonds. The average Bonchev–Trinajstić information content (AvgIpc) is 3.15. The molecule has 4 rings (SSSR count). The van der Waals surface area contributed by atoms with Gasteiger partial charge < -0.3 is 19.0 Å². The summed E-state index contributed by atoms with van der Waals surface area (Å²) in [5.74, 6) is 0.376. The minimum absolute atomic E-state index is 0.125. The zero-order valence-corrected chi connectivity index (χ0v) is 17.4. The molecule has 9 nitrogen and oxygen atoms in total. The van der Waals surface area contributed by atoms with Crippen molar-refractivity contribution in [3.8, 4) is 29.0 Å². The van der Waals surface area contributed by atoms with Gasteiger partial charge in [0.25, 0.3) is 5.71 Å². The van der Waals surface area contributed by atoms with Crippen molar-refractivity contribution in [3.05, 3.63) is 53.5 Å². The van der Waals surface area contributed by atoms with Crippen molar-refractivity contribution in [1.29, 1.82) is 0 Å².